The molecule has 5 heteroatoms. The maximum absolute atomic E-state index is 12.8. The molecular weight excluding hydrogens is 276 g/mol. The van der Waals surface area contributed by atoms with Crippen molar-refractivity contribution >= 4 is 33.8 Å². The van der Waals surface area contributed by atoms with E-state index in [1.807, 2.05) is 0 Å². The number of aromatic nitrogens is 2. The largest absolute Gasteiger partial charge is 0.323 e. The second-order valence-electron chi connectivity index (χ2n) is 5.28. The Labute approximate surface area is 121 Å². The predicted molar refractivity (Wildman–Crippen MR) is 82.9 cm³/mol. The fourth-order valence-electron chi connectivity index (χ4n) is 2.83. The fourth-order valence-corrected chi connectivity index (χ4v) is 4.54. The van der Waals surface area contributed by atoms with Crippen molar-refractivity contribution in [1.29, 1.82) is 0 Å². The molecule has 2 heterocycles. The highest BCUT2D eigenvalue weighted by molar-refractivity contribution is 7.71. The van der Waals surface area contributed by atoms with Gasteiger partial charge in [-0.05, 0) is 56.8 Å². The Morgan fingerprint density at radius 2 is 2.16 bits per heavy atom. The molecule has 0 bridgehead atoms. The van der Waals surface area contributed by atoms with Crippen molar-refractivity contribution in [1.82, 2.24) is 9.55 Å². The maximum atomic E-state index is 12.8. The Balaban J connectivity index is 2.37. The predicted octanol–water partition coefficient (Wildman–Crippen LogP) is 3.97. The van der Waals surface area contributed by atoms with E-state index in [-0.39, 0.29) is 11.6 Å². The smallest absolute Gasteiger partial charge is 0.263 e. The summed E-state index contributed by atoms with van der Waals surface area (Å²) in [4.78, 5) is 18.4. The summed E-state index contributed by atoms with van der Waals surface area (Å²) in [5.74, 6) is 0. The van der Waals surface area contributed by atoms with E-state index < -0.39 is 0 Å². The molecule has 0 radical (unpaired) electrons. The summed E-state index contributed by atoms with van der Waals surface area (Å²) in [5, 5.41) is 0.897. The first-order valence-electron chi connectivity index (χ1n) is 6.92. The van der Waals surface area contributed by atoms with Gasteiger partial charge in [-0.3, -0.25) is 9.36 Å². The summed E-state index contributed by atoms with van der Waals surface area (Å²) in [5.41, 5.74) is 1.38. The van der Waals surface area contributed by atoms with Crippen molar-refractivity contribution in [3.8, 4) is 0 Å². The van der Waals surface area contributed by atoms with Crippen LogP contribution in [0.3, 0.4) is 0 Å². The minimum Gasteiger partial charge on any atom is -0.323 e. The summed E-state index contributed by atoms with van der Waals surface area (Å²) in [6.45, 7) is 4.13. The maximum Gasteiger partial charge on any atom is 0.263 e. The normalized spacial score (nSPS) is 16.5. The second-order valence-corrected chi connectivity index (χ2v) is 6.77. The summed E-state index contributed by atoms with van der Waals surface area (Å²) in [6.07, 6.45) is 5.49. The molecule has 3 nitrogen and oxygen atoms in total. The van der Waals surface area contributed by atoms with Crippen molar-refractivity contribution in [2.45, 2.75) is 52.0 Å². The van der Waals surface area contributed by atoms with Gasteiger partial charge in [0.2, 0.25) is 0 Å². The highest BCUT2D eigenvalue weighted by Gasteiger charge is 2.21. The standard InChI is InChI=1S/C14H18N2OS2/c1-3-8(2)16-13(17)11-9-6-4-5-7-10(9)19-12(11)15-14(16)18/h8H,3-7H2,1-2H3,(H,15,18)/t8-/m0/s1. The molecule has 0 fully saturated rings. The number of nitrogens with one attached hydrogen (secondary N) is 1. The van der Waals surface area contributed by atoms with E-state index in [4.69, 9.17) is 12.2 Å². The molecule has 0 spiro atoms. The molecule has 1 N–H and O–H groups in total. The minimum atomic E-state index is 0.104. The van der Waals surface area contributed by atoms with Crippen molar-refractivity contribution < 1.29 is 0 Å². The number of aromatic amines is 1. The molecule has 2 aromatic heterocycles. The number of fused-ring (bicyclic) bond motifs is 3. The van der Waals surface area contributed by atoms with Crippen molar-refractivity contribution in [2.75, 3.05) is 0 Å². The van der Waals surface area contributed by atoms with Gasteiger partial charge in [0.15, 0.2) is 4.77 Å². The quantitative estimate of drug-likeness (QED) is 0.851. The molecule has 19 heavy (non-hydrogen) atoms. The number of aryl methyl sites for hydroxylation is 2. The van der Waals surface area contributed by atoms with E-state index in [0.717, 1.165) is 29.5 Å². The first-order chi connectivity index (χ1) is 9.13. The molecular formula is C14H18N2OS2. The zero-order chi connectivity index (χ0) is 13.6. The molecule has 0 saturated heterocycles. The van der Waals surface area contributed by atoms with Gasteiger partial charge >= 0.3 is 0 Å². The van der Waals surface area contributed by atoms with Crippen LogP contribution in [0.2, 0.25) is 0 Å². The van der Waals surface area contributed by atoms with Crippen molar-refractivity contribution in [2.24, 2.45) is 0 Å². The van der Waals surface area contributed by atoms with Crippen LogP contribution in [0.5, 0.6) is 0 Å². The van der Waals surface area contributed by atoms with Gasteiger partial charge in [-0.15, -0.1) is 11.3 Å². The Hall–Kier alpha value is -0.940. The summed E-state index contributed by atoms with van der Waals surface area (Å²) < 4.78 is 2.31. The topological polar surface area (TPSA) is 37.8 Å². The number of H-pyrrole nitrogens is 1. The van der Waals surface area contributed by atoms with Crippen LogP contribution >= 0.6 is 23.6 Å². The fraction of sp³-hybridized carbons (Fsp3) is 0.571. The first-order valence-corrected chi connectivity index (χ1v) is 8.15. The van der Waals surface area contributed by atoms with Crippen LogP contribution in [0.25, 0.3) is 10.2 Å². The van der Waals surface area contributed by atoms with Crippen molar-refractivity contribution in [3.63, 3.8) is 0 Å². The number of hydrogen-bond donors (Lipinski definition) is 1. The van der Waals surface area contributed by atoms with Crippen LogP contribution in [0.1, 0.15) is 49.6 Å². The molecule has 0 unspecified atom stereocenters. The van der Waals surface area contributed by atoms with E-state index in [2.05, 4.69) is 18.8 Å². The lowest BCUT2D eigenvalue weighted by atomic mass is 9.97. The lowest BCUT2D eigenvalue weighted by Crippen LogP contribution is -2.25. The third-order valence-corrected chi connectivity index (χ3v) is 5.58. The molecule has 102 valence electrons. The van der Waals surface area contributed by atoms with Crippen molar-refractivity contribution in [3.05, 3.63) is 25.6 Å². The van der Waals surface area contributed by atoms with Gasteiger partial charge < -0.3 is 4.98 Å². The average molecular weight is 294 g/mol. The zero-order valence-corrected chi connectivity index (χ0v) is 12.9. The Morgan fingerprint density at radius 1 is 1.42 bits per heavy atom. The average Bonchev–Trinajstić information content (AvgIpc) is 2.76. The Bertz CT molecular complexity index is 738. The van der Waals surface area contributed by atoms with E-state index in [1.165, 1.54) is 23.3 Å². The van der Waals surface area contributed by atoms with Gasteiger partial charge in [0, 0.05) is 10.9 Å². The molecule has 0 aliphatic heterocycles. The highest BCUT2D eigenvalue weighted by atomic mass is 32.1. The van der Waals surface area contributed by atoms with Crippen LogP contribution in [-0.2, 0) is 12.8 Å². The summed E-state index contributed by atoms with van der Waals surface area (Å²) in [7, 11) is 0. The van der Waals surface area contributed by atoms with E-state index in [0.29, 0.717) is 4.77 Å². The van der Waals surface area contributed by atoms with Crippen LogP contribution in [0, 0.1) is 4.77 Å². The zero-order valence-electron chi connectivity index (χ0n) is 11.3. The van der Waals surface area contributed by atoms with Gasteiger partial charge in [0.05, 0.1) is 5.39 Å². The van der Waals surface area contributed by atoms with E-state index in [9.17, 15) is 4.79 Å². The third-order valence-electron chi connectivity index (χ3n) is 4.07. The number of nitrogens with zero attached hydrogens (tertiary/aromatic N) is 1. The number of thiophene rings is 1. The third kappa shape index (κ3) is 1.99. The van der Waals surface area contributed by atoms with Gasteiger partial charge in [0.1, 0.15) is 4.83 Å². The van der Waals surface area contributed by atoms with Gasteiger partial charge in [-0.25, -0.2) is 0 Å². The SMILES string of the molecule is CC[C@H](C)n1c(=S)[nH]c2sc3c(c2c1=O)CCCC3. The first kappa shape index (κ1) is 13.1. The van der Waals surface area contributed by atoms with Crippen LogP contribution in [0.4, 0.5) is 0 Å². The molecule has 0 amide bonds. The highest BCUT2D eigenvalue weighted by Crippen LogP contribution is 2.33. The minimum absolute atomic E-state index is 0.104. The van der Waals surface area contributed by atoms with Crippen LogP contribution in [0.15, 0.2) is 4.79 Å². The van der Waals surface area contributed by atoms with Crippen LogP contribution in [-0.4, -0.2) is 9.55 Å². The van der Waals surface area contributed by atoms with Gasteiger partial charge in [-0.2, -0.15) is 0 Å². The van der Waals surface area contributed by atoms with E-state index in [1.54, 1.807) is 15.9 Å². The van der Waals surface area contributed by atoms with Crippen LogP contribution < -0.4 is 5.56 Å². The summed E-state index contributed by atoms with van der Waals surface area (Å²) >= 11 is 7.08. The van der Waals surface area contributed by atoms with Gasteiger partial charge in [-0.1, -0.05) is 6.92 Å². The van der Waals surface area contributed by atoms with Gasteiger partial charge in [0.25, 0.3) is 5.56 Å². The Morgan fingerprint density at radius 3 is 2.89 bits per heavy atom. The molecule has 0 saturated carbocycles. The summed E-state index contributed by atoms with van der Waals surface area (Å²) in [6, 6.07) is 0.153. The molecule has 3 rings (SSSR count). The molecule has 2 aromatic rings. The molecule has 1 atom stereocenters. The monoisotopic (exact) mass is 294 g/mol. The lowest BCUT2D eigenvalue weighted by Gasteiger charge is -2.14. The lowest BCUT2D eigenvalue weighted by molar-refractivity contribution is 0.504. The van der Waals surface area contributed by atoms with E-state index >= 15 is 0 Å². The number of rotatable bonds is 2. The number of hydrogen-bond acceptors (Lipinski definition) is 3. The molecule has 1 aliphatic rings. The molecule has 0 aromatic carbocycles. The Kier molecular flexibility index (Phi) is 3.35. The molecule has 1 aliphatic carbocycles. The second kappa shape index (κ2) is 4.87.